The van der Waals surface area contributed by atoms with Crippen LogP contribution in [0.4, 0.5) is 5.69 Å². The molecule has 4 heteroatoms. The maximum atomic E-state index is 12.9. The van der Waals surface area contributed by atoms with Crippen LogP contribution in [0.2, 0.25) is 0 Å². The van der Waals surface area contributed by atoms with E-state index >= 15 is 0 Å². The second-order valence-corrected chi connectivity index (χ2v) is 6.18. The number of carbonyl (C=O) groups excluding carboxylic acids is 1. The number of ketones is 1. The van der Waals surface area contributed by atoms with Crippen LogP contribution in [0, 0.1) is 0 Å². The molecule has 0 radical (unpaired) electrons. The number of hydrogen-bond donors (Lipinski definition) is 0. The minimum absolute atomic E-state index is 0.0752. The van der Waals surface area contributed by atoms with Gasteiger partial charge in [-0.2, -0.15) is 5.10 Å². The molecule has 0 spiro atoms. The Kier molecular flexibility index (Phi) is 3.94. The van der Waals surface area contributed by atoms with Gasteiger partial charge in [0.25, 0.3) is 0 Å². The molecule has 0 N–H and O–H groups in total. The Bertz CT molecular complexity index is 926. The molecule has 4 rings (SSSR count). The van der Waals surface area contributed by atoms with Crippen LogP contribution >= 0.6 is 0 Å². The van der Waals surface area contributed by atoms with Gasteiger partial charge in [-0.1, -0.05) is 36.4 Å². The van der Waals surface area contributed by atoms with Crippen LogP contribution < -0.4 is 4.90 Å². The van der Waals surface area contributed by atoms with E-state index in [0.717, 1.165) is 35.5 Å². The van der Waals surface area contributed by atoms with Crippen molar-refractivity contribution in [2.75, 3.05) is 11.9 Å². The van der Waals surface area contributed by atoms with Crippen LogP contribution in [-0.2, 0) is 6.42 Å². The zero-order valence-corrected chi connectivity index (χ0v) is 14.1. The van der Waals surface area contributed by atoms with E-state index in [-0.39, 0.29) is 5.78 Å². The number of fused-ring (bicyclic) bond motifs is 1. The SMILES string of the molecule is CN(/C=C1\CCc2c(cnn2-c2ccccc2)C1=O)c1ccccc1. The van der Waals surface area contributed by atoms with Crippen LogP contribution in [0.3, 0.4) is 0 Å². The number of Topliss-reactive ketones (excluding diaryl/α,β-unsaturated/α-hetero) is 1. The molecule has 0 aliphatic heterocycles. The lowest BCUT2D eigenvalue weighted by Gasteiger charge is -2.20. The maximum Gasteiger partial charge on any atom is 0.193 e. The molecule has 124 valence electrons. The third kappa shape index (κ3) is 2.87. The average Bonchev–Trinajstić information content (AvgIpc) is 3.10. The van der Waals surface area contributed by atoms with Gasteiger partial charge in [0.1, 0.15) is 0 Å². The van der Waals surface area contributed by atoms with Gasteiger partial charge in [0, 0.05) is 24.5 Å². The third-order valence-electron chi connectivity index (χ3n) is 4.55. The first-order chi connectivity index (χ1) is 12.2. The number of para-hydroxylation sites is 2. The molecule has 1 aliphatic carbocycles. The minimum Gasteiger partial charge on any atom is -0.351 e. The molecule has 1 aromatic heterocycles. The van der Waals surface area contributed by atoms with Crippen molar-refractivity contribution in [3.63, 3.8) is 0 Å². The molecule has 0 unspecified atom stereocenters. The zero-order valence-electron chi connectivity index (χ0n) is 14.1. The largest absolute Gasteiger partial charge is 0.351 e. The number of rotatable bonds is 3. The highest BCUT2D eigenvalue weighted by molar-refractivity contribution is 6.10. The van der Waals surface area contributed by atoms with Crippen LogP contribution in [0.1, 0.15) is 22.5 Å². The lowest BCUT2D eigenvalue weighted by Crippen LogP contribution is -2.19. The average molecular weight is 329 g/mol. The number of aromatic nitrogens is 2. The lowest BCUT2D eigenvalue weighted by atomic mass is 9.92. The fourth-order valence-corrected chi connectivity index (χ4v) is 3.23. The van der Waals surface area contributed by atoms with E-state index in [1.54, 1.807) is 6.20 Å². The predicted octanol–water partition coefficient (Wildman–Crippen LogP) is 4.02. The molecule has 0 saturated heterocycles. The summed E-state index contributed by atoms with van der Waals surface area (Å²) in [6.45, 7) is 0. The first kappa shape index (κ1) is 15.4. The Hall–Kier alpha value is -3.14. The van der Waals surface area contributed by atoms with Crippen molar-refractivity contribution in [3.05, 3.63) is 89.9 Å². The Morgan fingerprint density at radius 2 is 1.68 bits per heavy atom. The van der Waals surface area contributed by atoms with E-state index in [1.807, 2.05) is 83.5 Å². The summed E-state index contributed by atoms with van der Waals surface area (Å²) in [5.41, 5.74) is 4.59. The van der Waals surface area contributed by atoms with Gasteiger partial charge < -0.3 is 4.90 Å². The summed E-state index contributed by atoms with van der Waals surface area (Å²) in [5, 5.41) is 4.45. The second kappa shape index (κ2) is 6.40. The molecule has 0 atom stereocenters. The summed E-state index contributed by atoms with van der Waals surface area (Å²) in [5.74, 6) is 0.0752. The van der Waals surface area contributed by atoms with Gasteiger partial charge in [0.2, 0.25) is 0 Å². The monoisotopic (exact) mass is 329 g/mol. The Balaban J connectivity index is 1.64. The van der Waals surface area contributed by atoms with Crippen molar-refractivity contribution in [2.24, 2.45) is 0 Å². The molecule has 1 aliphatic rings. The number of benzene rings is 2. The molecule has 3 aromatic rings. The molecule has 0 saturated carbocycles. The van der Waals surface area contributed by atoms with E-state index < -0.39 is 0 Å². The highest BCUT2D eigenvalue weighted by atomic mass is 16.1. The molecule has 4 nitrogen and oxygen atoms in total. The highest BCUT2D eigenvalue weighted by Gasteiger charge is 2.26. The van der Waals surface area contributed by atoms with Crippen molar-refractivity contribution in [2.45, 2.75) is 12.8 Å². The fraction of sp³-hybridized carbons (Fsp3) is 0.143. The van der Waals surface area contributed by atoms with Crippen molar-refractivity contribution in [1.29, 1.82) is 0 Å². The molecule has 0 amide bonds. The molecule has 25 heavy (non-hydrogen) atoms. The van der Waals surface area contributed by atoms with Crippen molar-refractivity contribution in [3.8, 4) is 5.69 Å². The number of hydrogen-bond acceptors (Lipinski definition) is 3. The van der Waals surface area contributed by atoms with Gasteiger partial charge >= 0.3 is 0 Å². The van der Waals surface area contributed by atoms with Gasteiger partial charge in [-0.15, -0.1) is 0 Å². The summed E-state index contributed by atoms with van der Waals surface area (Å²) in [7, 11) is 1.97. The van der Waals surface area contributed by atoms with Gasteiger partial charge in [-0.05, 0) is 37.1 Å². The molecule has 0 bridgehead atoms. The van der Waals surface area contributed by atoms with E-state index in [9.17, 15) is 4.79 Å². The quantitative estimate of drug-likeness (QED) is 0.681. The molecular weight excluding hydrogens is 310 g/mol. The standard InChI is InChI=1S/C21H19N3O/c1-23(17-8-4-2-5-9-17)15-16-12-13-20-19(21(16)25)14-22-24(20)18-10-6-3-7-11-18/h2-11,14-15H,12-13H2,1H3/b16-15+. The van der Waals surface area contributed by atoms with E-state index in [2.05, 4.69) is 5.10 Å². The summed E-state index contributed by atoms with van der Waals surface area (Å²) in [6.07, 6.45) is 5.17. The topological polar surface area (TPSA) is 38.1 Å². The molecule has 1 heterocycles. The van der Waals surface area contributed by atoms with Crippen molar-refractivity contribution < 1.29 is 4.79 Å². The predicted molar refractivity (Wildman–Crippen MR) is 99.1 cm³/mol. The van der Waals surface area contributed by atoms with Gasteiger partial charge in [-0.3, -0.25) is 4.79 Å². The third-order valence-corrected chi connectivity index (χ3v) is 4.55. The second-order valence-electron chi connectivity index (χ2n) is 6.18. The first-order valence-corrected chi connectivity index (χ1v) is 8.39. The molecule has 2 aromatic carbocycles. The lowest BCUT2D eigenvalue weighted by molar-refractivity contribution is 0.102. The Labute approximate surface area is 147 Å². The Morgan fingerprint density at radius 3 is 2.40 bits per heavy atom. The fourth-order valence-electron chi connectivity index (χ4n) is 3.23. The van der Waals surface area contributed by atoms with Crippen molar-refractivity contribution in [1.82, 2.24) is 9.78 Å². The van der Waals surface area contributed by atoms with Gasteiger partial charge in [0.15, 0.2) is 5.78 Å². The normalized spacial score (nSPS) is 15.2. The summed E-state index contributed by atoms with van der Waals surface area (Å²) < 4.78 is 1.88. The first-order valence-electron chi connectivity index (χ1n) is 8.39. The van der Waals surface area contributed by atoms with Gasteiger partial charge in [0.05, 0.1) is 23.1 Å². The number of carbonyl (C=O) groups is 1. The summed E-state index contributed by atoms with van der Waals surface area (Å²) in [6, 6.07) is 20.0. The number of nitrogens with zero attached hydrogens (tertiary/aromatic N) is 3. The van der Waals surface area contributed by atoms with E-state index in [4.69, 9.17) is 0 Å². The zero-order chi connectivity index (χ0) is 17.2. The van der Waals surface area contributed by atoms with Gasteiger partial charge in [-0.25, -0.2) is 4.68 Å². The Morgan fingerprint density at radius 1 is 1.00 bits per heavy atom. The van der Waals surface area contributed by atoms with Crippen molar-refractivity contribution >= 4 is 11.5 Å². The van der Waals surface area contributed by atoms with Crippen LogP contribution in [0.25, 0.3) is 5.69 Å². The number of allylic oxidation sites excluding steroid dienone is 1. The molecule has 0 fully saturated rings. The highest BCUT2D eigenvalue weighted by Crippen LogP contribution is 2.27. The summed E-state index contributed by atoms with van der Waals surface area (Å²) >= 11 is 0. The summed E-state index contributed by atoms with van der Waals surface area (Å²) in [4.78, 5) is 14.9. The maximum absolute atomic E-state index is 12.9. The van der Waals surface area contributed by atoms with Crippen LogP contribution in [-0.4, -0.2) is 22.6 Å². The van der Waals surface area contributed by atoms with E-state index in [1.165, 1.54) is 0 Å². The van der Waals surface area contributed by atoms with E-state index in [0.29, 0.717) is 5.56 Å². The number of anilines is 1. The van der Waals surface area contributed by atoms with Crippen LogP contribution in [0.15, 0.2) is 78.6 Å². The smallest absolute Gasteiger partial charge is 0.193 e. The minimum atomic E-state index is 0.0752. The molecular formula is C21H19N3O. The van der Waals surface area contributed by atoms with Crippen LogP contribution in [0.5, 0.6) is 0 Å².